The zero-order valence-electron chi connectivity index (χ0n) is 11.6. The maximum absolute atomic E-state index is 5.58. The average Bonchev–Trinajstić information content (AvgIpc) is 2.43. The van der Waals surface area contributed by atoms with Crippen LogP contribution in [0.3, 0.4) is 0 Å². The van der Waals surface area contributed by atoms with E-state index in [4.69, 9.17) is 9.47 Å². The lowest BCUT2D eigenvalue weighted by Gasteiger charge is -2.23. The molecule has 2 rings (SSSR count). The molecule has 1 saturated heterocycles. The highest BCUT2D eigenvalue weighted by Gasteiger charge is 2.14. The number of anilines is 2. The molecule has 1 aliphatic heterocycles. The Morgan fingerprint density at radius 3 is 2.74 bits per heavy atom. The number of nitrogens with zero attached hydrogens (tertiary/aromatic N) is 2. The van der Waals surface area contributed by atoms with Gasteiger partial charge in [-0.15, -0.1) is 0 Å². The summed E-state index contributed by atoms with van der Waals surface area (Å²) in [4.78, 5) is 8.72. The summed E-state index contributed by atoms with van der Waals surface area (Å²) in [6, 6.07) is 1.92. The van der Waals surface area contributed by atoms with E-state index < -0.39 is 0 Å². The van der Waals surface area contributed by atoms with Crippen LogP contribution in [-0.4, -0.2) is 49.0 Å². The molecule has 0 aromatic carbocycles. The largest absolute Gasteiger partial charge is 0.376 e. The van der Waals surface area contributed by atoms with Crippen molar-refractivity contribution in [2.45, 2.75) is 26.4 Å². The molecule has 0 saturated carbocycles. The lowest BCUT2D eigenvalue weighted by molar-refractivity contribution is -0.0819. The predicted octanol–water partition coefficient (Wildman–Crippen LogP) is 1.43. The minimum Gasteiger partial charge on any atom is -0.376 e. The Morgan fingerprint density at radius 2 is 2.05 bits per heavy atom. The molecule has 0 amide bonds. The van der Waals surface area contributed by atoms with E-state index in [1.807, 2.05) is 13.0 Å². The van der Waals surface area contributed by atoms with Gasteiger partial charge < -0.3 is 20.1 Å². The summed E-state index contributed by atoms with van der Waals surface area (Å²) in [5.41, 5.74) is 0. The molecule has 1 aliphatic rings. The van der Waals surface area contributed by atoms with Crippen molar-refractivity contribution in [3.63, 3.8) is 0 Å². The van der Waals surface area contributed by atoms with Crippen LogP contribution in [0.5, 0.6) is 0 Å². The fourth-order valence-electron chi connectivity index (χ4n) is 1.87. The summed E-state index contributed by atoms with van der Waals surface area (Å²) in [6.45, 7) is 7.62. The van der Waals surface area contributed by atoms with Crippen LogP contribution < -0.4 is 10.6 Å². The third-order valence-corrected chi connectivity index (χ3v) is 2.79. The first-order valence-corrected chi connectivity index (χ1v) is 6.80. The molecule has 106 valence electrons. The van der Waals surface area contributed by atoms with Crippen LogP contribution in [0.25, 0.3) is 0 Å². The Kier molecular flexibility index (Phi) is 5.35. The lowest BCUT2D eigenvalue weighted by atomic mass is 10.3. The van der Waals surface area contributed by atoms with E-state index in [1.165, 1.54) is 0 Å². The molecule has 6 heteroatoms. The first kappa shape index (κ1) is 14.0. The maximum Gasteiger partial charge on any atom is 0.131 e. The van der Waals surface area contributed by atoms with Gasteiger partial charge >= 0.3 is 0 Å². The van der Waals surface area contributed by atoms with Gasteiger partial charge in [-0.1, -0.05) is 6.92 Å². The highest BCUT2D eigenvalue weighted by atomic mass is 16.6. The van der Waals surface area contributed by atoms with Crippen molar-refractivity contribution < 1.29 is 9.47 Å². The summed E-state index contributed by atoms with van der Waals surface area (Å²) in [6.07, 6.45) is 1.16. The van der Waals surface area contributed by atoms with Crippen LogP contribution in [0, 0.1) is 6.92 Å². The van der Waals surface area contributed by atoms with E-state index in [2.05, 4.69) is 27.5 Å². The average molecular weight is 266 g/mol. The van der Waals surface area contributed by atoms with Gasteiger partial charge in [0.1, 0.15) is 17.5 Å². The summed E-state index contributed by atoms with van der Waals surface area (Å²) in [5.74, 6) is 2.43. The van der Waals surface area contributed by atoms with Gasteiger partial charge in [0.05, 0.1) is 25.9 Å². The molecule has 6 nitrogen and oxygen atoms in total. The van der Waals surface area contributed by atoms with Gasteiger partial charge in [0.25, 0.3) is 0 Å². The van der Waals surface area contributed by atoms with Crippen molar-refractivity contribution in [3.8, 4) is 0 Å². The van der Waals surface area contributed by atoms with Crippen LogP contribution in [0.4, 0.5) is 11.6 Å². The smallest absolute Gasteiger partial charge is 0.131 e. The first-order valence-electron chi connectivity index (χ1n) is 6.80. The van der Waals surface area contributed by atoms with Gasteiger partial charge in [-0.3, -0.25) is 0 Å². The molecule has 19 heavy (non-hydrogen) atoms. The second-order valence-electron chi connectivity index (χ2n) is 4.56. The summed E-state index contributed by atoms with van der Waals surface area (Å²) in [5, 5.41) is 6.54. The van der Waals surface area contributed by atoms with E-state index in [1.54, 1.807) is 0 Å². The molecule has 0 spiro atoms. The van der Waals surface area contributed by atoms with Gasteiger partial charge in [0.2, 0.25) is 0 Å². The topological polar surface area (TPSA) is 68.3 Å². The van der Waals surface area contributed by atoms with Crippen molar-refractivity contribution >= 4 is 11.6 Å². The molecule has 2 N–H and O–H groups in total. The third-order valence-electron chi connectivity index (χ3n) is 2.79. The second-order valence-corrected chi connectivity index (χ2v) is 4.56. The van der Waals surface area contributed by atoms with Gasteiger partial charge in [-0.05, 0) is 13.3 Å². The standard InChI is InChI=1S/C13H22N4O2/c1-3-4-14-12-7-13(17-10(2)16-12)15-8-11-9-18-5-6-19-11/h7,11H,3-6,8-9H2,1-2H3,(H2,14,15,16,17). The minimum atomic E-state index is 0.0936. The molecular weight excluding hydrogens is 244 g/mol. The van der Waals surface area contributed by atoms with Crippen LogP contribution in [0.1, 0.15) is 19.2 Å². The molecule has 1 aromatic heterocycles. The number of ether oxygens (including phenoxy) is 2. The van der Waals surface area contributed by atoms with E-state index in [-0.39, 0.29) is 6.10 Å². The lowest BCUT2D eigenvalue weighted by Crippen LogP contribution is -2.34. The third kappa shape index (κ3) is 4.65. The SMILES string of the molecule is CCCNc1cc(NCC2COCCO2)nc(C)n1. The molecule has 2 heterocycles. The molecule has 1 aromatic rings. The molecule has 1 atom stereocenters. The summed E-state index contributed by atoms with van der Waals surface area (Å²) >= 11 is 0. The van der Waals surface area contributed by atoms with Crippen molar-refractivity contribution in [2.75, 3.05) is 43.5 Å². The number of hydrogen-bond acceptors (Lipinski definition) is 6. The molecule has 0 bridgehead atoms. The quantitative estimate of drug-likeness (QED) is 0.812. The summed E-state index contributed by atoms with van der Waals surface area (Å²) in [7, 11) is 0. The number of aryl methyl sites for hydroxylation is 1. The van der Waals surface area contributed by atoms with Crippen LogP contribution in [0.15, 0.2) is 6.07 Å². The number of rotatable bonds is 6. The van der Waals surface area contributed by atoms with E-state index in [0.717, 1.165) is 30.4 Å². The Bertz CT molecular complexity index is 394. The van der Waals surface area contributed by atoms with Crippen molar-refractivity contribution in [1.82, 2.24) is 9.97 Å². The molecule has 1 unspecified atom stereocenters. The fraction of sp³-hybridized carbons (Fsp3) is 0.692. The molecule has 0 radical (unpaired) electrons. The van der Waals surface area contributed by atoms with Gasteiger partial charge in [-0.2, -0.15) is 0 Å². The van der Waals surface area contributed by atoms with Crippen LogP contribution >= 0.6 is 0 Å². The Balaban J connectivity index is 1.89. The van der Waals surface area contributed by atoms with Crippen LogP contribution in [0.2, 0.25) is 0 Å². The zero-order valence-corrected chi connectivity index (χ0v) is 11.6. The summed E-state index contributed by atoms with van der Waals surface area (Å²) < 4.78 is 10.9. The van der Waals surface area contributed by atoms with Crippen molar-refractivity contribution in [1.29, 1.82) is 0 Å². The van der Waals surface area contributed by atoms with Gasteiger partial charge in [0, 0.05) is 19.2 Å². The van der Waals surface area contributed by atoms with E-state index >= 15 is 0 Å². The van der Waals surface area contributed by atoms with Crippen molar-refractivity contribution in [3.05, 3.63) is 11.9 Å². The normalized spacial score (nSPS) is 19.2. The van der Waals surface area contributed by atoms with Gasteiger partial charge in [-0.25, -0.2) is 9.97 Å². The monoisotopic (exact) mass is 266 g/mol. The highest BCUT2D eigenvalue weighted by Crippen LogP contribution is 2.12. The number of hydrogen-bond donors (Lipinski definition) is 2. The van der Waals surface area contributed by atoms with Gasteiger partial charge in [0.15, 0.2) is 0 Å². The Morgan fingerprint density at radius 1 is 1.26 bits per heavy atom. The van der Waals surface area contributed by atoms with Crippen LogP contribution in [-0.2, 0) is 9.47 Å². The Hall–Kier alpha value is -1.40. The highest BCUT2D eigenvalue weighted by molar-refractivity contribution is 5.47. The predicted molar refractivity (Wildman–Crippen MR) is 74.6 cm³/mol. The second kappa shape index (κ2) is 7.25. The zero-order chi connectivity index (χ0) is 13.5. The molecule has 0 aliphatic carbocycles. The molecular formula is C13H22N4O2. The minimum absolute atomic E-state index is 0.0936. The number of nitrogens with one attached hydrogen (secondary N) is 2. The number of aromatic nitrogens is 2. The van der Waals surface area contributed by atoms with E-state index in [0.29, 0.717) is 26.4 Å². The Labute approximate surface area is 113 Å². The van der Waals surface area contributed by atoms with E-state index in [9.17, 15) is 0 Å². The first-order chi connectivity index (χ1) is 9.28. The maximum atomic E-state index is 5.58. The fourth-order valence-corrected chi connectivity index (χ4v) is 1.87. The molecule has 1 fully saturated rings. The van der Waals surface area contributed by atoms with Crippen molar-refractivity contribution in [2.24, 2.45) is 0 Å².